The van der Waals surface area contributed by atoms with Crippen molar-refractivity contribution in [3.8, 4) is 0 Å². The quantitative estimate of drug-likeness (QED) is 0.729. The van der Waals surface area contributed by atoms with E-state index in [2.05, 4.69) is 15.5 Å². The topological polar surface area (TPSA) is 75.1 Å². The van der Waals surface area contributed by atoms with Crippen molar-refractivity contribution < 1.29 is 9.90 Å². The summed E-state index contributed by atoms with van der Waals surface area (Å²) in [5.74, 6) is -0.439. The predicted molar refractivity (Wildman–Crippen MR) is 55.7 cm³/mol. The maximum Gasteiger partial charge on any atom is 0.324 e. The van der Waals surface area contributed by atoms with Gasteiger partial charge in [-0.1, -0.05) is 23.1 Å². The van der Waals surface area contributed by atoms with Gasteiger partial charge in [0.1, 0.15) is 11.0 Å². The summed E-state index contributed by atoms with van der Waals surface area (Å²) in [6, 6.07) is 0. The number of nitrogens with zero attached hydrogens (tertiary/aromatic N) is 2. The fraction of sp³-hybridized carbons (Fsp3) is 0.571. The Kier molecular flexibility index (Phi) is 3.85. The zero-order valence-electron chi connectivity index (χ0n) is 7.85. The number of carboxylic acids is 1. The van der Waals surface area contributed by atoms with E-state index in [1.165, 1.54) is 23.1 Å². The molecule has 0 aromatic carbocycles. The third-order valence-electron chi connectivity index (χ3n) is 1.85. The van der Waals surface area contributed by atoms with Crippen LogP contribution >= 0.6 is 23.1 Å². The molecule has 0 spiro atoms. The van der Waals surface area contributed by atoms with E-state index in [0.29, 0.717) is 5.75 Å². The van der Waals surface area contributed by atoms with Gasteiger partial charge in [-0.2, -0.15) is 0 Å². The van der Waals surface area contributed by atoms with Crippen LogP contribution in [-0.2, 0) is 4.79 Å². The fourth-order valence-corrected chi connectivity index (χ4v) is 2.31. The SMILES string of the molecule is CNC(C)(CSc1nncs1)C(=O)O. The maximum atomic E-state index is 10.9. The van der Waals surface area contributed by atoms with Gasteiger partial charge in [0.05, 0.1) is 0 Å². The number of hydrogen-bond acceptors (Lipinski definition) is 6. The number of hydrogen-bond donors (Lipinski definition) is 2. The van der Waals surface area contributed by atoms with Gasteiger partial charge in [0, 0.05) is 5.75 Å². The summed E-state index contributed by atoms with van der Waals surface area (Å²) in [4.78, 5) is 10.9. The van der Waals surface area contributed by atoms with Crippen LogP contribution in [0.2, 0.25) is 0 Å². The molecular weight excluding hydrogens is 222 g/mol. The molecule has 1 aromatic heterocycles. The average Bonchev–Trinajstić information content (AvgIpc) is 2.66. The molecule has 1 aromatic rings. The summed E-state index contributed by atoms with van der Waals surface area (Å²) < 4.78 is 0.785. The van der Waals surface area contributed by atoms with Crippen molar-refractivity contribution in [2.45, 2.75) is 16.8 Å². The first-order valence-electron chi connectivity index (χ1n) is 3.90. The van der Waals surface area contributed by atoms with Gasteiger partial charge in [-0.3, -0.25) is 4.79 Å². The highest BCUT2D eigenvalue weighted by Gasteiger charge is 2.31. The van der Waals surface area contributed by atoms with Crippen LogP contribution in [0.5, 0.6) is 0 Å². The first-order valence-corrected chi connectivity index (χ1v) is 5.76. The minimum atomic E-state index is -0.920. The van der Waals surface area contributed by atoms with E-state index in [4.69, 9.17) is 5.11 Å². The fourth-order valence-electron chi connectivity index (χ4n) is 0.673. The molecule has 0 aliphatic carbocycles. The molecule has 14 heavy (non-hydrogen) atoms. The van der Waals surface area contributed by atoms with E-state index in [1.54, 1.807) is 19.5 Å². The molecule has 1 unspecified atom stereocenters. The lowest BCUT2D eigenvalue weighted by atomic mass is 10.1. The molecule has 1 heterocycles. The Morgan fingerprint density at radius 2 is 2.57 bits per heavy atom. The van der Waals surface area contributed by atoms with E-state index >= 15 is 0 Å². The van der Waals surface area contributed by atoms with E-state index in [0.717, 1.165) is 4.34 Å². The van der Waals surface area contributed by atoms with Crippen LogP contribution in [0.1, 0.15) is 6.92 Å². The minimum absolute atomic E-state index is 0.425. The van der Waals surface area contributed by atoms with Crippen LogP contribution in [0, 0.1) is 0 Å². The van der Waals surface area contributed by atoms with E-state index in [-0.39, 0.29) is 0 Å². The number of thioether (sulfide) groups is 1. The Morgan fingerprint density at radius 1 is 1.86 bits per heavy atom. The highest BCUT2D eigenvalue weighted by molar-refractivity contribution is 8.01. The standard InChI is InChI=1S/C7H11N3O2S2/c1-7(8-2,5(11)12)3-13-6-10-9-4-14-6/h4,8H,3H2,1-2H3,(H,11,12). The van der Waals surface area contributed by atoms with Gasteiger partial charge in [-0.05, 0) is 14.0 Å². The molecule has 0 saturated heterocycles. The Balaban J connectivity index is 2.54. The first kappa shape index (κ1) is 11.4. The zero-order chi connectivity index (χ0) is 10.6. The van der Waals surface area contributed by atoms with Crippen molar-refractivity contribution in [2.75, 3.05) is 12.8 Å². The number of aromatic nitrogens is 2. The molecule has 5 nitrogen and oxygen atoms in total. The van der Waals surface area contributed by atoms with Crippen molar-refractivity contribution in [2.24, 2.45) is 0 Å². The van der Waals surface area contributed by atoms with Crippen molar-refractivity contribution in [3.63, 3.8) is 0 Å². The van der Waals surface area contributed by atoms with Crippen LogP contribution in [0.15, 0.2) is 9.85 Å². The van der Waals surface area contributed by atoms with Crippen LogP contribution in [-0.4, -0.2) is 39.6 Å². The first-order chi connectivity index (χ1) is 6.58. The van der Waals surface area contributed by atoms with E-state index < -0.39 is 11.5 Å². The maximum absolute atomic E-state index is 10.9. The molecule has 0 radical (unpaired) electrons. The summed E-state index contributed by atoms with van der Waals surface area (Å²) in [6.07, 6.45) is 0. The summed E-state index contributed by atoms with van der Waals surface area (Å²) in [5.41, 5.74) is 0.705. The number of carbonyl (C=O) groups is 1. The third kappa shape index (κ3) is 2.66. The molecule has 0 aliphatic heterocycles. The monoisotopic (exact) mass is 233 g/mol. The van der Waals surface area contributed by atoms with Crippen LogP contribution in [0.25, 0.3) is 0 Å². The zero-order valence-corrected chi connectivity index (χ0v) is 9.48. The number of likely N-dealkylation sites (N-methyl/N-ethyl adjacent to an activating group) is 1. The lowest BCUT2D eigenvalue weighted by Crippen LogP contribution is -2.49. The lowest BCUT2D eigenvalue weighted by Gasteiger charge is -2.22. The number of nitrogens with one attached hydrogen (secondary N) is 1. The molecule has 7 heteroatoms. The second-order valence-corrected chi connectivity index (χ2v) is 4.94. The van der Waals surface area contributed by atoms with Gasteiger partial charge >= 0.3 is 5.97 Å². The van der Waals surface area contributed by atoms with Gasteiger partial charge in [0.25, 0.3) is 0 Å². The lowest BCUT2D eigenvalue weighted by molar-refractivity contribution is -0.142. The Hall–Kier alpha value is -0.660. The number of aliphatic carboxylic acids is 1. The van der Waals surface area contributed by atoms with Crippen LogP contribution in [0.3, 0.4) is 0 Å². The van der Waals surface area contributed by atoms with Gasteiger partial charge in [0.2, 0.25) is 0 Å². The van der Waals surface area contributed by atoms with Crippen molar-refractivity contribution in [3.05, 3.63) is 5.51 Å². The number of rotatable bonds is 5. The van der Waals surface area contributed by atoms with E-state index in [1.807, 2.05) is 0 Å². The second kappa shape index (κ2) is 4.72. The van der Waals surface area contributed by atoms with Gasteiger partial charge < -0.3 is 10.4 Å². The summed E-state index contributed by atoms with van der Waals surface area (Å²) in [7, 11) is 1.63. The van der Waals surface area contributed by atoms with Crippen molar-refractivity contribution in [1.29, 1.82) is 0 Å². The normalized spacial score (nSPS) is 15.0. The van der Waals surface area contributed by atoms with Gasteiger partial charge in [0.15, 0.2) is 4.34 Å². The minimum Gasteiger partial charge on any atom is -0.480 e. The summed E-state index contributed by atoms with van der Waals surface area (Å²) in [5, 5.41) is 19.2. The summed E-state index contributed by atoms with van der Waals surface area (Å²) in [6.45, 7) is 1.64. The molecule has 0 amide bonds. The Bertz CT molecular complexity index is 304. The van der Waals surface area contributed by atoms with Crippen molar-refractivity contribution >= 4 is 29.1 Å². The highest BCUT2D eigenvalue weighted by Crippen LogP contribution is 2.23. The van der Waals surface area contributed by atoms with Gasteiger partial charge in [-0.15, -0.1) is 10.2 Å². The smallest absolute Gasteiger partial charge is 0.324 e. The van der Waals surface area contributed by atoms with E-state index in [9.17, 15) is 4.79 Å². The molecule has 0 aliphatic rings. The van der Waals surface area contributed by atoms with Crippen LogP contribution in [0.4, 0.5) is 0 Å². The molecule has 0 saturated carbocycles. The Labute approximate surface area is 89.9 Å². The largest absolute Gasteiger partial charge is 0.480 e. The van der Waals surface area contributed by atoms with Gasteiger partial charge in [-0.25, -0.2) is 0 Å². The predicted octanol–water partition coefficient (Wildman–Crippen LogP) is 0.693. The van der Waals surface area contributed by atoms with Crippen molar-refractivity contribution in [1.82, 2.24) is 15.5 Å². The molecule has 1 atom stereocenters. The molecule has 0 bridgehead atoms. The highest BCUT2D eigenvalue weighted by atomic mass is 32.2. The summed E-state index contributed by atoms with van der Waals surface area (Å²) >= 11 is 2.79. The second-order valence-electron chi connectivity index (χ2n) is 2.88. The average molecular weight is 233 g/mol. The third-order valence-corrected chi connectivity index (χ3v) is 4.02. The molecule has 2 N–H and O–H groups in total. The number of carboxylic acid groups (broad SMARTS) is 1. The van der Waals surface area contributed by atoms with Crippen LogP contribution < -0.4 is 5.32 Å². The molecular formula is C7H11N3O2S2. The molecule has 0 fully saturated rings. The molecule has 78 valence electrons. The Morgan fingerprint density at radius 3 is 3.00 bits per heavy atom. The molecule has 1 rings (SSSR count).